The van der Waals surface area contributed by atoms with Crippen molar-refractivity contribution < 1.29 is 24.0 Å². The number of nitrogens with two attached hydrogens (primary N) is 3. The Labute approximate surface area is 342 Å². The van der Waals surface area contributed by atoms with E-state index in [0.717, 1.165) is 29.9 Å². The van der Waals surface area contributed by atoms with E-state index in [1.807, 2.05) is 60.7 Å². The van der Waals surface area contributed by atoms with Gasteiger partial charge in [0.05, 0.1) is 16.7 Å². The highest BCUT2D eigenvalue weighted by Crippen LogP contribution is 2.28. The molecule has 0 bridgehead atoms. The Morgan fingerprint density at radius 1 is 0.737 bits per heavy atom. The van der Waals surface area contributed by atoms with Crippen LogP contribution in [-0.4, -0.2) is 83.9 Å². The van der Waals surface area contributed by atoms with E-state index in [-0.39, 0.29) is 25.7 Å². The van der Waals surface area contributed by atoms with Gasteiger partial charge >= 0.3 is 0 Å². The van der Waals surface area contributed by atoms with E-state index in [1.165, 1.54) is 34.0 Å². The topological polar surface area (TPSA) is 236 Å². The van der Waals surface area contributed by atoms with Gasteiger partial charge in [-0.1, -0.05) is 36.4 Å². The van der Waals surface area contributed by atoms with Crippen molar-refractivity contribution in [1.29, 1.82) is 0 Å². The molecule has 1 aliphatic rings. The summed E-state index contributed by atoms with van der Waals surface area (Å²) in [5.74, 6) is -2.97. The Hall–Kier alpha value is -4.78. The van der Waals surface area contributed by atoms with Crippen LogP contribution in [0.4, 0.5) is 0 Å². The van der Waals surface area contributed by atoms with E-state index in [0.29, 0.717) is 51.0 Å². The maximum absolute atomic E-state index is 14.5. The number of amides is 5. The molecule has 0 aliphatic carbocycles. The van der Waals surface area contributed by atoms with Gasteiger partial charge in [0.25, 0.3) is 0 Å². The molecule has 1 saturated heterocycles. The Morgan fingerprint density at radius 2 is 1.26 bits per heavy atom. The van der Waals surface area contributed by atoms with E-state index in [1.54, 1.807) is 10.9 Å². The van der Waals surface area contributed by atoms with Crippen molar-refractivity contribution >= 4 is 83.7 Å². The van der Waals surface area contributed by atoms with Gasteiger partial charge in [-0.05, 0) is 86.8 Å². The summed E-state index contributed by atoms with van der Waals surface area (Å²) in [4.78, 5) is 74.9. The van der Waals surface area contributed by atoms with Crippen LogP contribution in [0, 0.1) is 0 Å². The van der Waals surface area contributed by atoms with Crippen LogP contribution in [0.15, 0.2) is 71.6 Å². The summed E-state index contributed by atoms with van der Waals surface area (Å²) in [7, 11) is 0. The fourth-order valence-corrected chi connectivity index (χ4v) is 9.64. The molecule has 17 heteroatoms. The maximum atomic E-state index is 14.5. The van der Waals surface area contributed by atoms with Crippen LogP contribution in [0.2, 0.25) is 0 Å². The van der Waals surface area contributed by atoms with Gasteiger partial charge in [0.2, 0.25) is 29.5 Å². The lowest BCUT2D eigenvalue weighted by Crippen LogP contribution is -2.63. The molecule has 57 heavy (non-hydrogen) atoms. The number of fused-ring (bicyclic) bond motifs is 2. The average Bonchev–Trinajstić information content (AvgIpc) is 3.96. The minimum Gasteiger partial charge on any atom is -0.368 e. The third kappa shape index (κ3) is 11.2. The number of primary amides is 1. The highest BCUT2D eigenvalue weighted by Gasteiger charge is 2.38. The number of hydrogen-bond donors (Lipinski definition) is 8. The highest BCUT2D eigenvalue weighted by atomic mass is 32.1. The molecule has 3 aromatic heterocycles. The third-order valence-corrected chi connectivity index (χ3v) is 13.0. The van der Waals surface area contributed by atoms with Gasteiger partial charge in [0, 0.05) is 43.8 Å². The van der Waals surface area contributed by atoms with E-state index >= 15 is 0 Å². The van der Waals surface area contributed by atoms with Gasteiger partial charge in [-0.25, -0.2) is 4.98 Å². The quantitative estimate of drug-likeness (QED) is 0.0569. The molecule has 2 aromatic carbocycles. The van der Waals surface area contributed by atoms with Crippen molar-refractivity contribution in [2.45, 2.75) is 81.1 Å². The van der Waals surface area contributed by atoms with Crippen LogP contribution in [0.25, 0.3) is 20.2 Å². The van der Waals surface area contributed by atoms with E-state index in [4.69, 9.17) is 17.2 Å². The molecule has 0 radical (unpaired) electrons. The molecule has 4 heterocycles. The molecular weight excluding hydrogens is 783 g/mol. The summed E-state index contributed by atoms with van der Waals surface area (Å²) >= 11 is 4.35. The summed E-state index contributed by atoms with van der Waals surface area (Å²) in [6, 6.07) is 15.3. The Kier molecular flexibility index (Phi) is 14.4. The Balaban J connectivity index is 1.28. The number of nitrogens with zero attached hydrogens (tertiary/aromatic N) is 1. The highest BCUT2D eigenvalue weighted by molar-refractivity contribution is 7.19. The number of thiazole rings is 1. The molecule has 0 unspecified atom stereocenters. The van der Waals surface area contributed by atoms with Crippen molar-refractivity contribution in [3.05, 3.63) is 87.0 Å². The second-order valence-electron chi connectivity index (χ2n) is 14.4. The lowest BCUT2D eigenvalue weighted by atomic mass is 9.88. The van der Waals surface area contributed by atoms with E-state index < -0.39 is 59.2 Å². The first-order valence-corrected chi connectivity index (χ1v) is 21.6. The summed E-state index contributed by atoms with van der Waals surface area (Å²) < 4.78 is 2.05. The smallest absolute Gasteiger partial charge is 0.243 e. The minimum atomic E-state index is -1.17. The van der Waals surface area contributed by atoms with Crippen LogP contribution in [-0.2, 0) is 43.2 Å². The molecule has 11 N–H and O–H groups in total. The molecule has 5 amide bonds. The molecule has 6 rings (SSSR count). The number of carbonyl (C=O) groups excluding carboxylic acids is 5. The van der Waals surface area contributed by atoms with Gasteiger partial charge in [-0.15, -0.1) is 34.0 Å². The number of carbonyl (C=O) groups is 5. The zero-order valence-electron chi connectivity index (χ0n) is 31.5. The molecule has 1 aliphatic heterocycles. The van der Waals surface area contributed by atoms with Gasteiger partial charge in [-0.3, -0.25) is 24.0 Å². The standard InChI is InChI=1S/C40H49N9O5S3/c41-14-6-5-9-29(35(42)50)46-36(51)30(19-26-22-55-23-45-26)47-37(52)31(20-27-17-24-7-1-3-10-33(24)56-27)48-38(53)32(49-39(54)40(43)12-15-44-16-13-40)21-28-18-25-8-2-4-11-34(25)57-28/h1-4,7-8,10-11,17-18,22-23,29-32,44H,5-6,9,12-16,19-21,41,43H2,(H2,42,50)(H,46,51)(H,47,52)(H,48,53)(H,49,54)/t29-,30-,31+,32+/m0/s1. The van der Waals surface area contributed by atoms with Gasteiger partial charge in [0.1, 0.15) is 24.2 Å². The largest absolute Gasteiger partial charge is 0.368 e. The first-order chi connectivity index (χ1) is 27.5. The normalized spacial score (nSPS) is 16.0. The number of thiophene rings is 2. The fourth-order valence-electron chi connectivity index (χ4n) is 6.85. The molecular formula is C40H49N9O5S3. The predicted molar refractivity (Wildman–Crippen MR) is 226 cm³/mol. The molecule has 0 spiro atoms. The van der Waals surface area contributed by atoms with Crippen molar-refractivity contribution in [1.82, 2.24) is 31.6 Å². The molecule has 14 nitrogen and oxygen atoms in total. The number of rotatable bonds is 19. The van der Waals surface area contributed by atoms with Crippen molar-refractivity contribution in [2.24, 2.45) is 17.2 Å². The molecule has 4 atom stereocenters. The van der Waals surface area contributed by atoms with Crippen molar-refractivity contribution in [3.8, 4) is 0 Å². The van der Waals surface area contributed by atoms with E-state index in [2.05, 4.69) is 31.6 Å². The van der Waals surface area contributed by atoms with E-state index in [9.17, 15) is 24.0 Å². The predicted octanol–water partition coefficient (Wildman–Crippen LogP) is 2.23. The zero-order valence-corrected chi connectivity index (χ0v) is 33.9. The first-order valence-electron chi connectivity index (χ1n) is 19.0. The number of unbranched alkanes of at least 4 members (excludes halogenated alkanes) is 1. The Morgan fingerprint density at radius 3 is 1.77 bits per heavy atom. The first kappa shape index (κ1) is 41.8. The lowest BCUT2D eigenvalue weighted by Gasteiger charge is -2.34. The van der Waals surface area contributed by atoms with Gasteiger partial charge in [-0.2, -0.15) is 0 Å². The second kappa shape index (κ2) is 19.6. The second-order valence-corrected chi connectivity index (χ2v) is 17.5. The lowest BCUT2D eigenvalue weighted by molar-refractivity contribution is -0.135. The fraction of sp³-hybridized carbons (Fsp3) is 0.400. The zero-order chi connectivity index (χ0) is 40.4. The van der Waals surface area contributed by atoms with Gasteiger partial charge in [0.15, 0.2) is 0 Å². The van der Waals surface area contributed by atoms with Crippen molar-refractivity contribution in [2.75, 3.05) is 19.6 Å². The summed E-state index contributed by atoms with van der Waals surface area (Å²) in [5, 5.41) is 18.4. The minimum absolute atomic E-state index is 0.0248. The number of piperidine rings is 1. The summed E-state index contributed by atoms with van der Waals surface area (Å²) in [5.41, 5.74) is 18.9. The molecule has 302 valence electrons. The third-order valence-electron chi connectivity index (χ3n) is 10.1. The number of hydrogen-bond acceptors (Lipinski definition) is 12. The Bertz CT molecular complexity index is 2100. The summed E-state index contributed by atoms with van der Waals surface area (Å²) in [6.45, 7) is 1.56. The molecule has 1 fully saturated rings. The molecule has 5 aromatic rings. The van der Waals surface area contributed by atoms with Crippen molar-refractivity contribution in [3.63, 3.8) is 0 Å². The van der Waals surface area contributed by atoms with Crippen LogP contribution in [0.1, 0.15) is 47.6 Å². The van der Waals surface area contributed by atoms with Crippen LogP contribution in [0.5, 0.6) is 0 Å². The van der Waals surface area contributed by atoms with Crippen LogP contribution in [0.3, 0.4) is 0 Å². The number of nitrogens with one attached hydrogen (secondary N) is 5. The van der Waals surface area contributed by atoms with Crippen LogP contribution < -0.4 is 43.8 Å². The number of benzene rings is 2. The molecule has 0 saturated carbocycles. The average molecular weight is 832 g/mol. The monoisotopic (exact) mass is 831 g/mol. The SMILES string of the molecule is NCCCC[C@H](NC(=O)[C@H](Cc1cscn1)NC(=O)[C@@H](Cc1cc2ccccc2s1)NC(=O)[C@@H](Cc1cc2ccccc2s1)NC(=O)C1(N)CCNCC1)C(N)=O. The van der Waals surface area contributed by atoms with Gasteiger partial charge < -0.3 is 43.8 Å². The number of aromatic nitrogens is 1. The summed E-state index contributed by atoms with van der Waals surface area (Å²) in [6.07, 6.45) is 2.59. The van der Waals surface area contributed by atoms with Crippen LogP contribution >= 0.6 is 34.0 Å². The maximum Gasteiger partial charge on any atom is 0.243 e.